The molecule has 1 N–H and O–H groups in total. The standard InChI is InChI=1S/C17H27N3/c1-6-17(13-18,19-4)10-7-11-20(5)16-9-8-14(2)12-15(16)3/h8-9,12,19H,6-7,10-11H2,1-5H3. The van der Waals surface area contributed by atoms with E-state index in [0.29, 0.717) is 0 Å². The minimum absolute atomic E-state index is 0.372. The molecule has 0 spiro atoms. The van der Waals surface area contributed by atoms with Crippen LogP contribution in [0.3, 0.4) is 0 Å². The SMILES string of the molecule is CCC(C#N)(CCCN(C)c1ccc(C)cc1C)NC. The average molecular weight is 273 g/mol. The summed E-state index contributed by atoms with van der Waals surface area (Å²) in [6.45, 7) is 7.30. The Morgan fingerprint density at radius 1 is 1.35 bits per heavy atom. The summed E-state index contributed by atoms with van der Waals surface area (Å²) in [5.41, 5.74) is 3.51. The maximum Gasteiger partial charge on any atom is 0.106 e. The molecule has 1 atom stereocenters. The second-order valence-electron chi connectivity index (χ2n) is 5.61. The highest BCUT2D eigenvalue weighted by Gasteiger charge is 2.24. The van der Waals surface area contributed by atoms with Gasteiger partial charge in [-0.25, -0.2) is 0 Å². The van der Waals surface area contributed by atoms with Crippen LogP contribution in [0, 0.1) is 25.2 Å². The van der Waals surface area contributed by atoms with E-state index in [1.807, 2.05) is 7.05 Å². The zero-order valence-corrected chi connectivity index (χ0v) is 13.5. The average Bonchev–Trinajstić information content (AvgIpc) is 2.44. The van der Waals surface area contributed by atoms with Crippen molar-refractivity contribution in [2.24, 2.45) is 0 Å². The predicted octanol–water partition coefficient (Wildman–Crippen LogP) is 3.41. The number of nitrogens with zero attached hydrogens (tertiary/aromatic N) is 2. The van der Waals surface area contributed by atoms with E-state index in [2.05, 4.69) is 62.3 Å². The fourth-order valence-corrected chi connectivity index (χ4v) is 2.64. The fraction of sp³-hybridized carbons (Fsp3) is 0.588. The van der Waals surface area contributed by atoms with Gasteiger partial charge in [-0.05, 0) is 51.8 Å². The number of benzene rings is 1. The minimum Gasteiger partial charge on any atom is -0.374 e. The molecule has 0 radical (unpaired) electrons. The van der Waals surface area contributed by atoms with E-state index in [9.17, 15) is 5.26 Å². The molecule has 1 aromatic rings. The molecule has 3 nitrogen and oxygen atoms in total. The van der Waals surface area contributed by atoms with Crippen molar-refractivity contribution in [1.82, 2.24) is 5.32 Å². The van der Waals surface area contributed by atoms with Crippen molar-refractivity contribution in [3.8, 4) is 6.07 Å². The number of aryl methyl sites for hydroxylation is 2. The fourth-order valence-electron chi connectivity index (χ4n) is 2.64. The molecule has 0 aliphatic carbocycles. The first-order valence-electron chi connectivity index (χ1n) is 7.36. The Morgan fingerprint density at radius 3 is 2.55 bits per heavy atom. The minimum atomic E-state index is -0.372. The summed E-state index contributed by atoms with van der Waals surface area (Å²) in [6.07, 6.45) is 2.73. The Hall–Kier alpha value is -1.53. The van der Waals surface area contributed by atoms with Crippen LogP contribution in [-0.2, 0) is 0 Å². The molecule has 110 valence electrons. The molecule has 0 heterocycles. The Morgan fingerprint density at radius 2 is 2.05 bits per heavy atom. The molecule has 0 aliphatic heterocycles. The van der Waals surface area contributed by atoms with Gasteiger partial charge in [0.25, 0.3) is 0 Å². The number of rotatable bonds is 7. The Bertz CT molecular complexity index is 470. The van der Waals surface area contributed by atoms with Gasteiger partial charge in [-0.15, -0.1) is 0 Å². The van der Waals surface area contributed by atoms with Crippen LogP contribution in [0.25, 0.3) is 0 Å². The van der Waals surface area contributed by atoms with Crippen molar-refractivity contribution in [2.45, 2.75) is 45.6 Å². The van der Waals surface area contributed by atoms with Crippen molar-refractivity contribution in [3.63, 3.8) is 0 Å². The topological polar surface area (TPSA) is 39.1 Å². The van der Waals surface area contributed by atoms with Gasteiger partial charge in [0.2, 0.25) is 0 Å². The van der Waals surface area contributed by atoms with Gasteiger partial charge >= 0.3 is 0 Å². The largest absolute Gasteiger partial charge is 0.374 e. The van der Waals surface area contributed by atoms with Crippen molar-refractivity contribution < 1.29 is 0 Å². The molecule has 1 unspecified atom stereocenters. The number of anilines is 1. The zero-order valence-electron chi connectivity index (χ0n) is 13.5. The maximum atomic E-state index is 9.31. The molecule has 0 aromatic heterocycles. The molecule has 0 saturated carbocycles. The lowest BCUT2D eigenvalue weighted by Gasteiger charge is -2.27. The maximum absolute atomic E-state index is 9.31. The number of hydrogen-bond acceptors (Lipinski definition) is 3. The van der Waals surface area contributed by atoms with Gasteiger partial charge in [0.15, 0.2) is 0 Å². The first-order valence-corrected chi connectivity index (χ1v) is 7.36. The lowest BCUT2D eigenvalue weighted by molar-refractivity contribution is 0.393. The van der Waals surface area contributed by atoms with Crippen molar-refractivity contribution in [2.75, 3.05) is 25.5 Å². The van der Waals surface area contributed by atoms with Crippen molar-refractivity contribution in [3.05, 3.63) is 29.3 Å². The van der Waals surface area contributed by atoms with Crippen LogP contribution in [0.2, 0.25) is 0 Å². The summed E-state index contributed by atoms with van der Waals surface area (Å²) in [5.74, 6) is 0. The predicted molar refractivity (Wildman–Crippen MR) is 86.1 cm³/mol. The van der Waals surface area contributed by atoms with Gasteiger partial charge in [-0.3, -0.25) is 0 Å². The van der Waals surface area contributed by atoms with Crippen LogP contribution in [0.4, 0.5) is 5.69 Å². The van der Waals surface area contributed by atoms with E-state index in [4.69, 9.17) is 0 Å². The molecule has 1 aromatic carbocycles. The monoisotopic (exact) mass is 273 g/mol. The van der Waals surface area contributed by atoms with Crippen molar-refractivity contribution in [1.29, 1.82) is 5.26 Å². The lowest BCUT2D eigenvalue weighted by atomic mass is 9.92. The summed E-state index contributed by atoms with van der Waals surface area (Å²) in [6, 6.07) is 8.96. The summed E-state index contributed by atoms with van der Waals surface area (Å²) in [4.78, 5) is 2.28. The Kier molecular flexibility index (Phi) is 6.04. The van der Waals surface area contributed by atoms with E-state index in [1.165, 1.54) is 16.8 Å². The second-order valence-corrected chi connectivity index (χ2v) is 5.61. The van der Waals surface area contributed by atoms with Gasteiger partial charge in [-0.1, -0.05) is 24.6 Å². The normalized spacial score (nSPS) is 13.6. The summed E-state index contributed by atoms with van der Waals surface area (Å²) in [7, 11) is 4.00. The molecule has 0 aliphatic rings. The van der Waals surface area contributed by atoms with Gasteiger partial charge in [0, 0.05) is 19.3 Å². The highest BCUT2D eigenvalue weighted by atomic mass is 15.1. The van der Waals surface area contributed by atoms with Gasteiger partial charge in [0.1, 0.15) is 5.54 Å². The Labute approximate surface area is 123 Å². The molecule has 0 amide bonds. The molecular formula is C17H27N3. The third kappa shape index (κ3) is 3.98. The van der Waals surface area contributed by atoms with E-state index < -0.39 is 0 Å². The molecule has 1 rings (SSSR count). The smallest absolute Gasteiger partial charge is 0.106 e. The molecular weight excluding hydrogens is 246 g/mol. The number of hydrogen-bond donors (Lipinski definition) is 1. The van der Waals surface area contributed by atoms with Crippen LogP contribution in [-0.4, -0.2) is 26.2 Å². The summed E-state index contributed by atoms with van der Waals surface area (Å²) in [5, 5.41) is 12.5. The highest BCUT2D eigenvalue weighted by Crippen LogP contribution is 2.22. The summed E-state index contributed by atoms with van der Waals surface area (Å²) >= 11 is 0. The third-order valence-electron chi connectivity index (χ3n) is 4.16. The molecule has 0 fully saturated rings. The molecule has 20 heavy (non-hydrogen) atoms. The first kappa shape index (κ1) is 16.5. The van der Waals surface area contributed by atoms with E-state index in [0.717, 1.165) is 25.8 Å². The number of nitrogens with one attached hydrogen (secondary N) is 1. The number of nitriles is 1. The van der Waals surface area contributed by atoms with E-state index >= 15 is 0 Å². The molecule has 0 saturated heterocycles. The molecule has 3 heteroatoms. The first-order chi connectivity index (χ1) is 9.48. The van der Waals surface area contributed by atoms with Crippen molar-refractivity contribution >= 4 is 5.69 Å². The van der Waals surface area contributed by atoms with E-state index in [-0.39, 0.29) is 5.54 Å². The van der Waals surface area contributed by atoms with Crippen LogP contribution in [0.5, 0.6) is 0 Å². The zero-order chi connectivity index (χ0) is 15.2. The third-order valence-corrected chi connectivity index (χ3v) is 4.16. The Balaban J connectivity index is 2.60. The lowest BCUT2D eigenvalue weighted by Crippen LogP contribution is -2.41. The summed E-state index contributed by atoms with van der Waals surface area (Å²) < 4.78 is 0. The van der Waals surface area contributed by atoms with Gasteiger partial charge in [0.05, 0.1) is 6.07 Å². The van der Waals surface area contributed by atoms with Gasteiger partial charge in [-0.2, -0.15) is 5.26 Å². The van der Waals surface area contributed by atoms with E-state index in [1.54, 1.807) is 0 Å². The van der Waals surface area contributed by atoms with Crippen LogP contribution >= 0.6 is 0 Å². The molecule has 0 bridgehead atoms. The highest BCUT2D eigenvalue weighted by molar-refractivity contribution is 5.53. The van der Waals surface area contributed by atoms with Crippen LogP contribution in [0.15, 0.2) is 18.2 Å². The van der Waals surface area contributed by atoms with Crippen LogP contribution < -0.4 is 10.2 Å². The van der Waals surface area contributed by atoms with Gasteiger partial charge < -0.3 is 10.2 Å². The van der Waals surface area contributed by atoms with Crippen LogP contribution in [0.1, 0.15) is 37.3 Å². The quantitative estimate of drug-likeness (QED) is 0.827. The second kappa shape index (κ2) is 7.31.